The number of rotatable bonds is 6. The molecule has 0 aliphatic carbocycles. The number of benzene rings is 2. The van der Waals surface area contributed by atoms with Crippen molar-refractivity contribution in [3.8, 4) is 0 Å². The van der Waals surface area contributed by atoms with Gasteiger partial charge in [0.15, 0.2) is 0 Å². The largest absolute Gasteiger partial charge is 0.460 e. The fourth-order valence-corrected chi connectivity index (χ4v) is 1.96. The van der Waals surface area contributed by atoms with Crippen LogP contribution in [0.3, 0.4) is 0 Å². The van der Waals surface area contributed by atoms with Crippen LogP contribution in [0.5, 0.6) is 0 Å². The highest BCUT2D eigenvalue weighted by molar-refractivity contribution is 6.04. The van der Waals surface area contributed by atoms with Crippen LogP contribution in [0.25, 0.3) is 10.8 Å². The average Bonchev–Trinajstić information content (AvgIpc) is 2.47. The third kappa shape index (κ3) is 3.33. The normalized spacial score (nSPS) is 10.7. The van der Waals surface area contributed by atoms with E-state index in [1.54, 1.807) is 24.3 Å². The highest BCUT2D eigenvalue weighted by Crippen LogP contribution is 2.22. The van der Waals surface area contributed by atoms with Gasteiger partial charge in [-0.15, -0.1) is 0 Å². The SMILES string of the molecule is CCCOCCOC(=O)c1ccc(F)c2ccccc12. The second-order valence-corrected chi connectivity index (χ2v) is 4.39. The average molecular weight is 276 g/mol. The number of hydrogen-bond acceptors (Lipinski definition) is 3. The van der Waals surface area contributed by atoms with E-state index >= 15 is 0 Å². The number of carbonyl (C=O) groups excluding carboxylic acids is 1. The van der Waals surface area contributed by atoms with E-state index in [9.17, 15) is 9.18 Å². The summed E-state index contributed by atoms with van der Waals surface area (Å²) in [6.07, 6.45) is 0.927. The number of fused-ring (bicyclic) bond motifs is 1. The van der Waals surface area contributed by atoms with Gasteiger partial charge in [-0.25, -0.2) is 9.18 Å². The molecule has 0 saturated heterocycles. The molecule has 20 heavy (non-hydrogen) atoms. The van der Waals surface area contributed by atoms with E-state index in [4.69, 9.17) is 9.47 Å². The minimum absolute atomic E-state index is 0.199. The Labute approximate surface area is 117 Å². The fourth-order valence-electron chi connectivity index (χ4n) is 1.96. The number of esters is 1. The maximum atomic E-state index is 13.6. The quantitative estimate of drug-likeness (QED) is 0.597. The zero-order valence-corrected chi connectivity index (χ0v) is 11.4. The summed E-state index contributed by atoms with van der Waals surface area (Å²) in [4.78, 5) is 12.0. The van der Waals surface area contributed by atoms with Gasteiger partial charge in [-0.2, -0.15) is 0 Å². The van der Waals surface area contributed by atoms with Gasteiger partial charge in [0.1, 0.15) is 12.4 Å². The second kappa shape index (κ2) is 7.01. The predicted molar refractivity (Wildman–Crippen MR) is 75.3 cm³/mol. The Morgan fingerprint density at radius 3 is 2.55 bits per heavy atom. The summed E-state index contributed by atoms with van der Waals surface area (Å²) in [7, 11) is 0. The summed E-state index contributed by atoms with van der Waals surface area (Å²) >= 11 is 0. The Bertz CT molecular complexity index is 595. The van der Waals surface area contributed by atoms with E-state index in [0.29, 0.717) is 29.5 Å². The molecule has 0 saturated carbocycles. The van der Waals surface area contributed by atoms with Crippen molar-refractivity contribution in [1.82, 2.24) is 0 Å². The molecular weight excluding hydrogens is 259 g/mol. The van der Waals surface area contributed by atoms with E-state index in [-0.39, 0.29) is 12.4 Å². The van der Waals surface area contributed by atoms with Crippen molar-refractivity contribution in [3.63, 3.8) is 0 Å². The van der Waals surface area contributed by atoms with E-state index in [0.717, 1.165) is 6.42 Å². The topological polar surface area (TPSA) is 35.5 Å². The van der Waals surface area contributed by atoms with Crippen molar-refractivity contribution in [3.05, 3.63) is 47.8 Å². The van der Waals surface area contributed by atoms with Crippen LogP contribution in [0.4, 0.5) is 4.39 Å². The van der Waals surface area contributed by atoms with Crippen LogP contribution < -0.4 is 0 Å². The first-order valence-electron chi connectivity index (χ1n) is 6.66. The molecule has 0 aliphatic rings. The maximum Gasteiger partial charge on any atom is 0.338 e. The molecule has 0 aromatic heterocycles. The first-order valence-corrected chi connectivity index (χ1v) is 6.66. The Balaban J connectivity index is 2.09. The molecule has 2 aromatic rings. The van der Waals surface area contributed by atoms with Crippen molar-refractivity contribution >= 4 is 16.7 Å². The lowest BCUT2D eigenvalue weighted by Gasteiger charge is -2.08. The molecule has 0 spiro atoms. The lowest BCUT2D eigenvalue weighted by atomic mass is 10.0. The highest BCUT2D eigenvalue weighted by atomic mass is 19.1. The van der Waals surface area contributed by atoms with E-state index in [2.05, 4.69) is 0 Å². The monoisotopic (exact) mass is 276 g/mol. The van der Waals surface area contributed by atoms with Crippen LogP contribution in [0.15, 0.2) is 36.4 Å². The van der Waals surface area contributed by atoms with Crippen molar-refractivity contribution in [2.24, 2.45) is 0 Å². The standard InChI is InChI=1S/C16H17FO3/c1-2-9-19-10-11-20-16(18)14-7-8-15(17)13-6-4-3-5-12(13)14/h3-8H,2,9-11H2,1H3. The smallest absolute Gasteiger partial charge is 0.338 e. The minimum atomic E-state index is -0.457. The molecule has 4 heteroatoms. The van der Waals surface area contributed by atoms with Crippen molar-refractivity contribution in [2.75, 3.05) is 19.8 Å². The van der Waals surface area contributed by atoms with Gasteiger partial charge in [0.05, 0.1) is 12.2 Å². The van der Waals surface area contributed by atoms with Crippen LogP contribution in [0.1, 0.15) is 23.7 Å². The summed E-state index contributed by atoms with van der Waals surface area (Å²) in [5.74, 6) is -0.801. The van der Waals surface area contributed by atoms with Crippen LogP contribution in [0.2, 0.25) is 0 Å². The Morgan fingerprint density at radius 2 is 1.80 bits per heavy atom. The summed E-state index contributed by atoms with van der Waals surface area (Å²) in [6, 6.07) is 9.59. The lowest BCUT2D eigenvalue weighted by molar-refractivity contribution is 0.0320. The van der Waals surface area contributed by atoms with Gasteiger partial charge < -0.3 is 9.47 Å². The van der Waals surface area contributed by atoms with Gasteiger partial charge in [0.2, 0.25) is 0 Å². The molecule has 0 amide bonds. The van der Waals surface area contributed by atoms with Crippen LogP contribution in [-0.2, 0) is 9.47 Å². The summed E-state index contributed by atoms with van der Waals surface area (Å²) < 4.78 is 24.0. The van der Waals surface area contributed by atoms with Crippen molar-refractivity contribution in [1.29, 1.82) is 0 Å². The third-order valence-electron chi connectivity index (χ3n) is 2.90. The van der Waals surface area contributed by atoms with Gasteiger partial charge in [-0.3, -0.25) is 0 Å². The molecule has 0 heterocycles. The van der Waals surface area contributed by atoms with E-state index in [1.165, 1.54) is 12.1 Å². The summed E-state index contributed by atoms with van der Waals surface area (Å²) in [5.41, 5.74) is 0.373. The van der Waals surface area contributed by atoms with Gasteiger partial charge >= 0.3 is 5.97 Å². The lowest BCUT2D eigenvalue weighted by Crippen LogP contribution is -2.11. The molecule has 0 fully saturated rings. The number of carbonyl (C=O) groups is 1. The Kier molecular flexibility index (Phi) is 5.07. The number of hydrogen-bond donors (Lipinski definition) is 0. The van der Waals surface area contributed by atoms with Crippen LogP contribution in [0, 0.1) is 5.82 Å². The first kappa shape index (κ1) is 14.5. The molecule has 0 N–H and O–H groups in total. The van der Waals surface area contributed by atoms with Gasteiger partial charge in [-0.1, -0.05) is 31.2 Å². The molecule has 0 unspecified atom stereocenters. The van der Waals surface area contributed by atoms with E-state index in [1.807, 2.05) is 6.92 Å². The molecule has 106 valence electrons. The first-order chi connectivity index (χ1) is 9.74. The molecule has 2 rings (SSSR count). The molecule has 0 radical (unpaired) electrons. The molecular formula is C16H17FO3. The number of halogens is 1. The fraction of sp³-hybridized carbons (Fsp3) is 0.312. The summed E-state index contributed by atoms with van der Waals surface area (Å²) in [6.45, 7) is 3.23. The maximum absolute atomic E-state index is 13.6. The molecule has 0 atom stereocenters. The van der Waals surface area contributed by atoms with Crippen molar-refractivity contribution in [2.45, 2.75) is 13.3 Å². The summed E-state index contributed by atoms with van der Waals surface area (Å²) in [5, 5.41) is 0.983. The molecule has 2 aromatic carbocycles. The molecule has 3 nitrogen and oxygen atoms in total. The van der Waals surface area contributed by atoms with Crippen molar-refractivity contribution < 1.29 is 18.7 Å². The Morgan fingerprint density at radius 1 is 1.05 bits per heavy atom. The van der Waals surface area contributed by atoms with Crippen LogP contribution in [-0.4, -0.2) is 25.8 Å². The highest BCUT2D eigenvalue weighted by Gasteiger charge is 2.13. The number of ether oxygens (including phenoxy) is 2. The zero-order chi connectivity index (χ0) is 14.4. The molecule has 0 bridgehead atoms. The third-order valence-corrected chi connectivity index (χ3v) is 2.90. The van der Waals surface area contributed by atoms with Gasteiger partial charge in [0.25, 0.3) is 0 Å². The van der Waals surface area contributed by atoms with Crippen LogP contribution >= 0.6 is 0 Å². The zero-order valence-electron chi connectivity index (χ0n) is 11.4. The minimum Gasteiger partial charge on any atom is -0.460 e. The predicted octanol–water partition coefficient (Wildman–Crippen LogP) is 3.56. The van der Waals surface area contributed by atoms with Gasteiger partial charge in [-0.05, 0) is 23.9 Å². The van der Waals surface area contributed by atoms with Gasteiger partial charge in [0, 0.05) is 12.0 Å². The molecule has 0 aliphatic heterocycles. The Hall–Kier alpha value is -1.94. The van der Waals surface area contributed by atoms with E-state index < -0.39 is 5.97 Å². The second-order valence-electron chi connectivity index (χ2n) is 4.39.